The van der Waals surface area contributed by atoms with Gasteiger partial charge < -0.3 is 19.5 Å². The topological polar surface area (TPSA) is 90.9 Å². The average Bonchev–Trinajstić information content (AvgIpc) is 2.97. The van der Waals surface area contributed by atoms with Crippen LogP contribution in [0.15, 0.2) is 47.4 Å². The van der Waals surface area contributed by atoms with Crippen molar-refractivity contribution in [2.45, 2.75) is 30.2 Å². The van der Waals surface area contributed by atoms with Crippen LogP contribution in [0.4, 0.5) is 0 Å². The van der Waals surface area contributed by atoms with Crippen molar-refractivity contribution in [1.82, 2.24) is 5.32 Å². The highest BCUT2D eigenvalue weighted by Gasteiger charge is 2.24. The van der Waals surface area contributed by atoms with Gasteiger partial charge in [0.1, 0.15) is 5.75 Å². The Bertz CT molecular complexity index is 1000. The van der Waals surface area contributed by atoms with Gasteiger partial charge in [0.25, 0.3) is 0 Å². The largest absolute Gasteiger partial charge is 0.493 e. The molecule has 0 aliphatic carbocycles. The molecule has 7 nitrogen and oxygen atoms in total. The maximum Gasteiger partial charge on any atom is 0.221 e. The molecule has 1 N–H and O–H groups in total. The zero-order valence-electron chi connectivity index (χ0n) is 15.9. The van der Waals surface area contributed by atoms with Gasteiger partial charge in [-0.25, -0.2) is 8.42 Å². The summed E-state index contributed by atoms with van der Waals surface area (Å²) in [5.41, 5.74) is 0.915. The SMILES string of the molecule is O=C(CCS(=O)(=O)c1ccc2c(c1)OCCCO2)NC1CCOc2ccccc21. The molecule has 0 fully saturated rings. The average molecular weight is 417 g/mol. The van der Waals surface area contributed by atoms with Gasteiger partial charge in [0, 0.05) is 30.9 Å². The minimum absolute atomic E-state index is 0.115. The zero-order valence-corrected chi connectivity index (χ0v) is 16.7. The molecule has 4 rings (SSSR count). The van der Waals surface area contributed by atoms with Crippen LogP contribution in [0.3, 0.4) is 0 Å². The van der Waals surface area contributed by atoms with Gasteiger partial charge in [-0.3, -0.25) is 4.79 Å². The standard InChI is InChI=1S/C21H23NO6S/c23-21(22-17-8-12-28-18-5-2-1-4-16(17)18)9-13-29(24,25)15-6-7-19-20(14-15)27-11-3-10-26-19/h1-2,4-7,14,17H,3,8-13H2,(H,22,23). The van der Waals surface area contributed by atoms with Crippen LogP contribution in [0.5, 0.6) is 17.2 Å². The number of rotatable bonds is 5. The quantitative estimate of drug-likeness (QED) is 0.804. The minimum Gasteiger partial charge on any atom is -0.493 e. The van der Waals surface area contributed by atoms with Crippen molar-refractivity contribution in [2.24, 2.45) is 0 Å². The van der Waals surface area contributed by atoms with Crippen molar-refractivity contribution < 1.29 is 27.4 Å². The Morgan fingerprint density at radius 1 is 0.966 bits per heavy atom. The van der Waals surface area contributed by atoms with Gasteiger partial charge >= 0.3 is 0 Å². The van der Waals surface area contributed by atoms with Crippen LogP contribution in [0.1, 0.15) is 30.9 Å². The molecule has 0 saturated heterocycles. The fraction of sp³-hybridized carbons (Fsp3) is 0.381. The summed E-state index contributed by atoms with van der Waals surface area (Å²) in [5, 5.41) is 2.93. The molecule has 1 amide bonds. The predicted molar refractivity (Wildman–Crippen MR) is 106 cm³/mol. The van der Waals surface area contributed by atoms with Crippen molar-refractivity contribution in [3.05, 3.63) is 48.0 Å². The normalized spacial score (nSPS) is 18.1. The van der Waals surface area contributed by atoms with Crippen LogP contribution in [0, 0.1) is 0 Å². The van der Waals surface area contributed by atoms with Crippen LogP contribution in [-0.2, 0) is 14.6 Å². The Balaban J connectivity index is 1.40. The number of carbonyl (C=O) groups excluding carboxylic acids is 1. The van der Waals surface area contributed by atoms with E-state index in [4.69, 9.17) is 14.2 Å². The molecule has 0 spiro atoms. The number of sulfone groups is 1. The van der Waals surface area contributed by atoms with Crippen LogP contribution < -0.4 is 19.5 Å². The summed E-state index contributed by atoms with van der Waals surface area (Å²) in [5.74, 6) is 1.14. The lowest BCUT2D eigenvalue weighted by Gasteiger charge is -2.26. The van der Waals surface area contributed by atoms with Gasteiger partial charge in [0.15, 0.2) is 21.3 Å². The van der Waals surface area contributed by atoms with Crippen molar-refractivity contribution in [3.63, 3.8) is 0 Å². The summed E-state index contributed by atoms with van der Waals surface area (Å²) in [4.78, 5) is 12.5. The van der Waals surface area contributed by atoms with E-state index in [2.05, 4.69) is 5.32 Å². The fourth-order valence-electron chi connectivity index (χ4n) is 3.44. The maximum atomic E-state index is 12.7. The molecule has 2 heterocycles. The number of carbonyl (C=O) groups is 1. The minimum atomic E-state index is -3.62. The summed E-state index contributed by atoms with van der Waals surface area (Å²) >= 11 is 0. The van der Waals surface area contributed by atoms with E-state index in [0.29, 0.717) is 37.7 Å². The first-order valence-electron chi connectivity index (χ1n) is 9.66. The molecular weight excluding hydrogens is 394 g/mol. The van der Waals surface area contributed by atoms with E-state index in [-0.39, 0.29) is 29.0 Å². The van der Waals surface area contributed by atoms with Gasteiger partial charge in [-0.05, 0) is 18.2 Å². The zero-order chi connectivity index (χ0) is 20.3. The Labute approximate surface area is 169 Å². The van der Waals surface area contributed by atoms with Gasteiger partial charge in [-0.1, -0.05) is 18.2 Å². The second-order valence-electron chi connectivity index (χ2n) is 7.02. The second kappa shape index (κ2) is 8.32. The van der Waals surface area contributed by atoms with E-state index in [0.717, 1.165) is 17.7 Å². The number of para-hydroxylation sites is 1. The van der Waals surface area contributed by atoms with Gasteiger partial charge in [-0.15, -0.1) is 0 Å². The van der Waals surface area contributed by atoms with Crippen LogP contribution in [0.25, 0.3) is 0 Å². The van der Waals surface area contributed by atoms with Crippen LogP contribution in [-0.4, -0.2) is 39.9 Å². The van der Waals surface area contributed by atoms with Crippen molar-refractivity contribution >= 4 is 15.7 Å². The highest BCUT2D eigenvalue weighted by atomic mass is 32.2. The first-order chi connectivity index (χ1) is 14.0. The molecule has 2 aliphatic heterocycles. The Morgan fingerprint density at radius 2 is 1.72 bits per heavy atom. The molecule has 2 aliphatic rings. The van der Waals surface area contributed by atoms with Crippen molar-refractivity contribution in [2.75, 3.05) is 25.6 Å². The lowest BCUT2D eigenvalue weighted by molar-refractivity contribution is -0.121. The first kappa shape index (κ1) is 19.6. The molecule has 0 radical (unpaired) electrons. The van der Waals surface area contributed by atoms with Crippen LogP contribution in [0.2, 0.25) is 0 Å². The van der Waals surface area contributed by atoms with E-state index in [1.165, 1.54) is 12.1 Å². The third kappa shape index (κ3) is 4.48. The third-order valence-electron chi connectivity index (χ3n) is 4.97. The summed E-state index contributed by atoms with van der Waals surface area (Å²) in [6.45, 7) is 1.53. The molecule has 154 valence electrons. The second-order valence-corrected chi connectivity index (χ2v) is 9.13. The highest BCUT2D eigenvalue weighted by Crippen LogP contribution is 2.33. The van der Waals surface area contributed by atoms with Crippen molar-refractivity contribution in [3.8, 4) is 17.2 Å². The molecule has 2 aromatic carbocycles. The number of fused-ring (bicyclic) bond motifs is 2. The third-order valence-corrected chi connectivity index (χ3v) is 6.68. The van der Waals surface area contributed by atoms with E-state index >= 15 is 0 Å². The lowest BCUT2D eigenvalue weighted by Crippen LogP contribution is -2.33. The number of benzene rings is 2. The van der Waals surface area contributed by atoms with Gasteiger partial charge in [-0.2, -0.15) is 0 Å². The summed E-state index contributed by atoms with van der Waals surface area (Å²) < 4.78 is 42.1. The first-order valence-corrected chi connectivity index (χ1v) is 11.3. The number of amides is 1. The molecule has 1 unspecified atom stereocenters. The maximum absolute atomic E-state index is 12.7. The molecule has 2 aromatic rings. The summed E-state index contributed by atoms with van der Waals surface area (Å²) in [7, 11) is -3.62. The van der Waals surface area contributed by atoms with Gasteiger partial charge in [0.05, 0.1) is 36.5 Å². The Morgan fingerprint density at radius 3 is 2.59 bits per heavy atom. The van der Waals surface area contributed by atoms with E-state index < -0.39 is 9.84 Å². The summed E-state index contributed by atoms with van der Waals surface area (Å²) in [6, 6.07) is 11.9. The number of hydrogen-bond acceptors (Lipinski definition) is 6. The summed E-state index contributed by atoms with van der Waals surface area (Å²) in [6.07, 6.45) is 1.28. The predicted octanol–water partition coefficient (Wildman–Crippen LogP) is 2.65. The monoisotopic (exact) mass is 417 g/mol. The van der Waals surface area contributed by atoms with Crippen LogP contribution >= 0.6 is 0 Å². The highest BCUT2D eigenvalue weighted by molar-refractivity contribution is 7.91. The van der Waals surface area contributed by atoms with E-state index in [1.807, 2.05) is 24.3 Å². The lowest BCUT2D eigenvalue weighted by atomic mass is 10.0. The Kier molecular flexibility index (Phi) is 5.62. The number of ether oxygens (including phenoxy) is 3. The van der Waals surface area contributed by atoms with E-state index in [1.54, 1.807) is 6.07 Å². The Hall–Kier alpha value is -2.74. The molecule has 0 aromatic heterocycles. The van der Waals surface area contributed by atoms with E-state index in [9.17, 15) is 13.2 Å². The molecule has 0 saturated carbocycles. The fourth-order valence-corrected chi connectivity index (χ4v) is 4.69. The number of nitrogens with one attached hydrogen (secondary N) is 1. The smallest absolute Gasteiger partial charge is 0.221 e. The molecule has 29 heavy (non-hydrogen) atoms. The molecular formula is C21H23NO6S. The molecule has 1 atom stereocenters. The molecule has 0 bridgehead atoms. The van der Waals surface area contributed by atoms with Crippen molar-refractivity contribution in [1.29, 1.82) is 0 Å². The molecule has 8 heteroatoms. The number of hydrogen-bond donors (Lipinski definition) is 1. The van der Waals surface area contributed by atoms with Gasteiger partial charge in [0.2, 0.25) is 5.91 Å².